The molecule has 0 radical (unpaired) electrons. The zero-order valence-electron chi connectivity index (χ0n) is 8.48. The van der Waals surface area contributed by atoms with Crippen molar-refractivity contribution < 1.29 is 8.78 Å². The van der Waals surface area contributed by atoms with Crippen molar-refractivity contribution in [2.75, 3.05) is 6.54 Å². The maximum Gasteiger partial charge on any atom is 0.267 e. The van der Waals surface area contributed by atoms with E-state index in [1.165, 1.54) is 0 Å². The normalized spacial score (nSPS) is 37.1. The summed E-state index contributed by atoms with van der Waals surface area (Å²) in [5, 5.41) is 3.02. The van der Waals surface area contributed by atoms with Gasteiger partial charge in [-0.05, 0) is 25.7 Å². The summed E-state index contributed by atoms with van der Waals surface area (Å²) in [5.74, 6) is -2.31. The van der Waals surface area contributed by atoms with Crippen LogP contribution in [0.15, 0.2) is 0 Å². The van der Waals surface area contributed by atoms with Gasteiger partial charge in [0.2, 0.25) is 0 Å². The second-order valence-corrected chi connectivity index (χ2v) is 4.56. The van der Waals surface area contributed by atoms with Crippen molar-refractivity contribution in [2.45, 2.75) is 50.5 Å². The van der Waals surface area contributed by atoms with Crippen LogP contribution in [-0.2, 0) is 0 Å². The van der Waals surface area contributed by atoms with Crippen molar-refractivity contribution in [3.8, 4) is 0 Å². The van der Waals surface area contributed by atoms with Crippen LogP contribution in [0.5, 0.6) is 0 Å². The summed E-state index contributed by atoms with van der Waals surface area (Å²) < 4.78 is 27.2. The molecule has 0 aromatic rings. The van der Waals surface area contributed by atoms with Crippen molar-refractivity contribution in [2.24, 2.45) is 5.92 Å². The predicted octanol–water partition coefficient (Wildman–Crippen LogP) is 2.99. The van der Waals surface area contributed by atoms with Crippen LogP contribution in [0, 0.1) is 5.92 Å². The van der Waals surface area contributed by atoms with E-state index in [-0.39, 0.29) is 24.7 Å². The van der Waals surface area contributed by atoms with Crippen LogP contribution < -0.4 is 5.32 Å². The highest BCUT2D eigenvalue weighted by Gasteiger charge is 2.57. The molecule has 84 valence electrons. The molecule has 14 heavy (non-hydrogen) atoms. The van der Waals surface area contributed by atoms with Crippen LogP contribution in [0.1, 0.15) is 39.0 Å². The molecule has 1 N–H and O–H groups in total. The highest BCUT2D eigenvalue weighted by molar-refractivity contribution is 5.85. The molecule has 2 aliphatic rings. The Hall–Kier alpha value is 0.110. The molecule has 0 spiro atoms. The van der Waals surface area contributed by atoms with Gasteiger partial charge in [-0.25, -0.2) is 8.78 Å². The Labute approximate surface area is 90.0 Å². The fraction of sp³-hybridized carbons (Fsp3) is 1.00. The van der Waals surface area contributed by atoms with Crippen LogP contribution in [0.2, 0.25) is 0 Å². The van der Waals surface area contributed by atoms with E-state index >= 15 is 0 Å². The van der Waals surface area contributed by atoms with Gasteiger partial charge in [0.15, 0.2) is 0 Å². The van der Waals surface area contributed by atoms with Gasteiger partial charge >= 0.3 is 0 Å². The third-order valence-electron chi connectivity index (χ3n) is 3.86. The number of hydrogen-bond acceptors (Lipinski definition) is 1. The van der Waals surface area contributed by atoms with Crippen molar-refractivity contribution in [3.63, 3.8) is 0 Å². The molecule has 2 fully saturated rings. The number of nitrogens with one attached hydrogen (secondary N) is 1. The molecule has 0 bridgehead atoms. The molecule has 4 heteroatoms. The van der Waals surface area contributed by atoms with Gasteiger partial charge in [0.1, 0.15) is 0 Å². The first-order valence-electron chi connectivity index (χ1n) is 5.19. The highest BCUT2D eigenvalue weighted by Crippen LogP contribution is 2.46. The molecule has 2 rings (SSSR count). The summed E-state index contributed by atoms with van der Waals surface area (Å²) in [7, 11) is 0. The van der Waals surface area contributed by atoms with Gasteiger partial charge in [-0.3, -0.25) is 0 Å². The van der Waals surface area contributed by atoms with Gasteiger partial charge in [0.05, 0.1) is 5.54 Å². The first kappa shape index (κ1) is 12.2. The number of rotatable bonds is 1. The molecule has 1 saturated carbocycles. The average Bonchev–Trinajstić information content (AvgIpc) is 2.61. The van der Waals surface area contributed by atoms with Crippen molar-refractivity contribution in [1.29, 1.82) is 0 Å². The van der Waals surface area contributed by atoms with Crippen LogP contribution in [0.4, 0.5) is 8.78 Å². The van der Waals surface area contributed by atoms with Crippen molar-refractivity contribution in [1.82, 2.24) is 5.32 Å². The molecular formula is C10H18ClF2N. The molecule has 0 aromatic heterocycles. The molecule has 1 aliphatic heterocycles. The average molecular weight is 226 g/mol. The summed E-state index contributed by atoms with van der Waals surface area (Å²) in [5.41, 5.74) is -0.913. The molecule has 1 heterocycles. The van der Waals surface area contributed by atoms with Crippen LogP contribution >= 0.6 is 12.4 Å². The minimum atomic E-state index is -2.50. The molecule has 1 unspecified atom stereocenters. The number of alkyl halides is 2. The third-order valence-corrected chi connectivity index (χ3v) is 3.86. The van der Waals surface area contributed by atoms with E-state index in [4.69, 9.17) is 0 Å². The van der Waals surface area contributed by atoms with E-state index < -0.39 is 11.5 Å². The molecular weight excluding hydrogens is 208 g/mol. The maximum atomic E-state index is 13.6. The Morgan fingerprint density at radius 2 is 1.79 bits per heavy atom. The second kappa shape index (κ2) is 3.93. The molecule has 1 saturated heterocycles. The molecule has 0 amide bonds. The van der Waals surface area contributed by atoms with Gasteiger partial charge in [-0.2, -0.15) is 0 Å². The van der Waals surface area contributed by atoms with Crippen molar-refractivity contribution in [3.05, 3.63) is 0 Å². The maximum absolute atomic E-state index is 13.6. The number of halogens is 3. The standard InChI is InChI=1S/C10H17F2N.ClH/c1-9(8-4-2-3-5-8)10(11,12)6-7-13-9;/h8,13H,2-7H2,1H3;1H. The van der Waals surface area contributed by atoms with Crippen LogP contribution in [0.3, 0.4) is 0 Å². The van der Waals surface area contributed by atoms with E-state index in [0.717, 1.165) is 25.7 Å². The molecule has 0 aromatic carbocycles. The summed E-state index contributed by atoms with van der Waals surface area (Å²) >= 11 is 0. The van der Waals surface area contributed by atoms with Crippen LogP contribution in [0.25, 0.3) is 0 Å². The van der Waals surface area contributed by atoms with Gasteiger partial charge < -0.3 is 5.32 Å². The highest BCUT2D eigenvalue weighted by atomic mass is 35.5. The Balaban J connectivity index is 0.000000980. The van der Waals surface area contributed by atoms with E-state index in [2.05, 4.69) is 5.32 Å². The minimum absolute atomic E-state index is 0. The van der Waals surface area contributed by atoms with E-state index in [9.17, 15) is 8.78 Å². The first-order chi connectivity index (χ1) is 6.06. The monoisotopic (exact) mass is 225 g/mol. The SMILES string of the molecule is CC1(C2CCCC2)NCCC1(F)F.Cl. The second-order valence-electron chi connectivity index (χ2n) is 4.56. The molecule has 1 atom stereocenters. The molecule has 1 aliphatic carbocycles. The Bertz CT molecular complexity index is 204. The van der Waals surface area contributed by atoms with E-state index in [1.807, 2.05) is 0 Å². The lowest BCUT2D eigenvalue weighted by Crippen LogP contribution is -2.54. The zero-order valence-corrected chi connectivity index (χ0v) is 9.30. The quantitative estimate of drug-likeness (QED) is 0.724. The predicted molar refractivity (Wildman–Crippen MR) is 55.2 cm³/mol. The fourth-order valence-electron chi connectivity index (χ4n) is 2.81. The smallest absolute Gasteiger partial charge is 0.267 e. The Morgan fingerprint density at radius 3 is 2.21 bits per heavy atom. The summed E-state index contributed by atoms with van der Waals surface area (Å²) in [6.07, 6.45) is 4.20. The molecule has 1 nitrogen and oxygen atoms in total. The summed E-state index contributed by atoms with van der Waals surface area (Å²) in [6, 6.07) is 0. The summed E-state index contributed by atoms with van der Waals surface area (Å²) in [4.78, 5) is 0. The lowest BCUT2D eigenvalue weighted by molar-refractivity contribution is -0.0760. The Kier molecular flexibility index (Phi) is 3.42. The van der Waals surface area contributed by atoms with Crippen LogP contribution in [-0.4, -0.2) is 18.0 Å². The minimum Gasteiger partial charge on any atom is -0.306 e. The van der Waals surface area contributed by atoms with E-state index in [0.29, 0.717) is 6.54 Å². The topological polar surface area (TPSA) is 12.0 Å². The lowest BCUT2D eigenvalue weighted by atomic mass is 9.80. The largest absolute Gasteiger partial charge is 0.306 e. The first-order valence-corrected chi connectivity index (χ1v) is 5.19. The fourth-order valence-corrected chi connectivity index (χ4v) is 2.81. The number of hydrogen-bond donors (Lipinski definition) is 1. The van der Waals surface area contributed by atoms with Crippen molar-refractivity contribution >= 4 is 12.4 Å². The van der Waals surface area contributed by atoms with Gasteiger partial charge in [-0.15, -0.1) is 12.4 Å². The lowest BCUT2D eigenvalue weighted by Gasteiger charge is -2.36. The van der Waals surface area contributed by atoms with Gasteiger partial charge in [0.25, 0.3) is 5.92 Å². The Morgan fingerprint density at radius 1 is 1.21 bits per heavy atom. The third kappa shape index (κ3) is 1.65. The van der Waals surface area contributed by atoms with Gasteiger partial charge in [-0.1, -0.05) is 12.8 Å². The van der Waals surface area contributed by atoms with Gasteiger partial charge in [0, 0.05) is 13.0 Å². The van der Waals surface area contributed by atoms with E-state index in [1.54, 1.807) is 6.92 Å². The zero-order chi connectivity index (χ0) is 9.53. The summed E-state index contributed by atoms with van der Waals surface area (Å²) in [6.45, 7) is 2.18.